The van der Waals surface area contributed by atoms with Crippen molar-refractivity contribution in [3.63, 3.8) is 0 Å². The molecule has 98 valence electrons. The molecule has 1 unspecified atom stereocenters. The molecular weight excluding hydrogens is 252 g/mol. The molecule has 1 atom stereocenters. The van der Waals surface area contributed by atoms with Crippen LogP contribution < -0.4 is 11.1 Å². The Balaban J connectivity index is 2.47. The van der Waals surface area contributed by atoms with Crippen molar-refractivity contribution in [1.29, 1.82) is 0 Å². The van der Waals surface area contributed by atoms with E-state index >= 15 is 0 Å². The van der Waals surface area contributed by atoms with Crippen LogP contribution >= 0.6 is 24.0 Å². The third-order valence-electron chi connectivity index (χ3n) is 3.60. The van der Waals surface area contributed by atoms with Gasteiger partial charge in [0.25, 0.3) is 0 Å². The summed E-state index contributed by atoms with van der Waals surface area (Å²) in [7, 11) is 0. The zero-order valence-electron chi connectivity index (χ0n) is 10.6. The molecule has 0 heterocycles. The molecule has 1 rings (SSSR count). The maximum Gasteiger partial charge on any atom is 0.233 e. The van der Waals surface area contributed by atoms with Gasteiger partial charge in [-0.2, -0.15) is 11.8 Å². The maximum atomic E-state index is 12.2. The predicted octanol–water partition coefficient (Wildman–Crippen LogP) is 2.09. The summed E-state index contributed by atoms with van der Waals surface area (Å²) >= 11 is 6.89. The summed E-state index contributed by atoms with van der Waals surface area (Å²) in [5.41, 5.74) is 5.20. The van der Waals surface area contributed by atoms with Crippen molar-refractivity contribution in [2.45, 2.75) is 44.3 Å². The Labute approximate surface area is 113 Å². The van der Waals surface area contributed by atoms with E-state index in [9.17, 15) is 4.79 Å². The van der Waals surface area contributed by atoms with Gasteiger partial charge in [0.1, 0.15) is 0 Å². The average molecular weight is 274 g/mol. The quantitative estimate of drug-likeness (QED) is 0.728. The Morgan fingerprint density at radius 1 is 1.53 bits per heavy atom. The number of hydrogen-bond acceptors (Lipinski definition) is 3. The highest BCUT2D eigenvalue weighted by molar-refractivity contribution is 7.99. The first kappa shape index (κ1) is 14.8. The van der Waals surface area contributed by atoms with Gasteiger partial charge in [0, 0.05) is 11.8 Å². The minimum atomic E-state index is -0.558. The summed E-state index contributed by atoms with van der Waals surface area (Å²) in [5.74, 6) is 0.0378. The minimum absolute atomic E-state index is 0.0378. The van der Waals surface area contributed by atoms with E-state index in [0.717, 1.165) is 32.1 Å². The van der Waals surface area contributed by atoms with Crippen LogP contribution in [0.4, 0.5) is 0 Å². The van der Waals surface area contributed by atoms with E-state index in [0.29, 0.717) is 16.8 Å². The van der Waals surface area contributed by atoms with Crippen molar-refractivity contribution < 1.29 is 4.79 Å². The van der Waals surface area contributed by atoms with Crippen LogP contribution in [-0.2, 0) is 4.79 Å². The largest absolute Gasteiger partial charge is 0.392 e. The highest BCUT2D eigenvalue weighted by atomic mass is 32.2. The molecule has 1 amide bonds. The van der Waals surface area contributed by atoms with Crippen molar-refractivity contribution in [1.82, 2.24) is 5.32 Å². The van der Waals surface area contributed by atoms with Gasteiger partial charge in [-0.3, -0.25) is 4.79 Å². The van der Waals surface area contributed by atoms with Crippen LogP contribution in [0, 0.1) is 5.41 Å². The lowest BCUT2D eigenvalue weighted by atomic mass is 9.85. The minimum Gasteiger partial charge on any atom is -0.392 e. The SMILES string of the molecule is CSC(C)CCNC(=O)C1(C(N)=S)CCCC1. The van der Waals surface area contributed by atoms with E-state index in [1.165, 1.54) is 0 Å². The highest BCUT2D eigenvalue weighted by Crippen LogP contribution is 2.38. The van der Waals surface area contributed by atoms with E-state index in [-0.39, 0.29) is 5.91 Å². The van der Waals surface area contributed by atoms with E-state index < -0.39 is 5.41 Å². The van der Waals surface area contributed by atoms with Crippen LogP contribution in [0.15, 0.2) is 0 Å². The van der Waals surface area contributed by atoms with Crippen molar-refractivity contribution in [3.8, 4) is 0 Å². The van der Waals surface area contributed by atoms with Gasteiger partial charge in [0.15, 0.2) is 0 Å². The molecule has 0 aromatic heterocycles. The van der Waals surface area contributed by atoms with Crippen LogP contribution in [0.1, 0.15) is 39.0 Å². The maximum absolute atomic E-state index is 12.2. The number of amides is 1. The lowest BCUT2D eigenvalue weighted by Gasteiger charge is -2.26. The molecule has 0 aromatic rings. The van der Waals surface area contributed by atoms with E-state index in [4.69, 9.17) is 18.0 Å². The number of thioether (sulfide) groups is 1. The number of rotatable bonds is 6. The molecule has 1 saturated carbocycles. The van der Waals surface area contributed by atoms with Crippen LogP contribution in [0.5, 0.6) is 0 Å². The number of nitrogens with one attached hydrogen (secondary N) is 1. The molecule has 0 bridgehead atoms. The Bertz CT molecular complexity index is 288. The van der Waals surface area contributed by atoms with Crippen molar-refractivity contribution in [2.75, 3.05) is 12.8 Å². The summed E-state index contributed by atoms with van der Waals surface area (Å²) in [5, 5.41) is 3.56. The fourth-order valence-corrected chi connectivity index (χ4v) is 2.89. The Hall–Kier alpha value is -0.290. The molecular formula is C12H22N2OS2. The lowest BCUT2D eigenvalue weighted by molar-refractivity contribution is -0.127. The zero-order chi connectivity index (χ0) is 12.9. The first-order valence-corrected chi connectivity index (χ1v) is 7.83. The smallest absolute Gasteiger partial charge is 0.233 e. The third kappa shape index (κ3) is 3.58. The standard InChI is InChI=1S/C12H22N2OS2/c1-9(17-2)5-8-14-11(15)12(10(13)16)6-3-4-7-12/h9H,3-8H2,1-2H3,(H2,13,16)(H,14,15). The number of carbonyl (C=O) groups is 1. The first-order valence-electron chi connectivity index (χ1n) is 6.14. The Kier molecular flexibility index (Phi) is 5.73. The number of carbonyl (C=O) groups excluding carboxylic acids is 1. The Morgan fingerprint density at radius 2 is 2.12 bits per heavy atom. The summed E-state index contributed by atoms with van der Waals surface area (Å²) in [4.78, 5) is 12.6. The van der Waals surface area contributed by atoms with Crippen molar-refractivity contribution >= 4 is 34.9 Å². The van der Waals surface area contributed by atoms with Crippen molar-refractivity contribution in [3.05, 3.63) is 0 Å². The van der Waals surface area contributed by atoms with E-state index in [1.807, 2.05) is 11.8 Å². The fraction of sp³-hybridized carbons (Fsp3) is 0.833. The van der Waals surface area contributed by atoms with Crippen LogP contribution in [0.25, 0.3) is 0 Å². The van der Waals surface area contributed by atoms with Gasteiger partial charge in [-0.1, -0.05) is 32.0 Å². The summed E-state index contributed by atoms with van der Waals surface area (Å²) < 4.78 is 0. The van der Waals surface area contributed by atoms with Crippen molar-refractivity contribution in [2.24, 2.45) is 11.1 Å². The van der Waals surface area contributed by atoms with Crippen LogP contribution in [0.3, 0.4) is 0 Å². The molecule has 3 nitrogen and oxygen atoms in total. The second-order valence-corrected chi connectivity index (χ2v) is 6.46. The topological polar surface area (TPSA) is 55.1 Å². The molecule has 5 heteroatoms. The molecule has 17 heavy (non-hydrogen) atoms. The zero-order valence-corrected chi connectivity index (χ0v) is 12.3. The monoisotopic (exact) mass is 274 g/mol. The first-order chi connectivity index (χ1) is 8.03. The molecule has 0 spiro atoms. The Morgan fingerprint density at radius 3 is 2.59 bits per heavy atom. The number of nitrogens with two attached hydrogens (primary N) is 1. The van der Waals surface area contributed by atoms with Gasteiger partial charge in [0.2, 0.25) is 5.91 Å². The highest BCUT2D eigenvalue weighted by Gasteiger charge is 2.43. The van der Waals surface area contributed by atoms with E-state index in [1.54, 1.807) is 0 Å². The molecule has 0 aliphatic heterocycles. The third-order valence-corrected chi connectivity index (χ3v) is 5.03. The lowest BCUT2D eigenvalue weighted by Crippen LogP contribution is -2.47. The molecule has 1 fully saturated rings. The number of hydrogen-bond donors (Lipinski definition) is 2. The summed E-state index contributed by atoms with van der Waals surface area (Å²) in [6, 6.07) is 0. The summed E-state index contributed by atoms with van der Waals surface area (Å²) in [6.45, 7) is 2.88. The van der Waals surface area contributed by atoms with Crippen LogP contribution in [0.2, 0.25) is 0 Å². The van der Waals surface area contributed by atoms with Gasteiger partial charge < -0.3 is 11.1 Å². The van der Waals surface area contributed by atoms with Gasteiger partial charge >= 0.3 is 0 Å². The van der Waals surface area contributed by atoms with Gasteiger partial charge in [0.05, 0.1) is 10.4 Å². The second kappa shape index (κ2) is 6.59. The molecule has 1 aliphatic carbocycles. The molecule has 3 N–H and O–H groups in total. The summed E-state index contributed by atoms with van der Waals surface area (Å²) in [6.07, 6.45) is 6.79. The van der Waals surface area contributed by atoms with Gasteiger partial charge in [-0.05, 0) is 25.5 Å². The fourth-order valence-electron chi connectivity index (χ4n) is 2.24. The normalized spacial score (nSPS) is 19.9. The second-order valence-electron chi connectivity index (χ2n) is 4.74. The number of thiocarbonyl (C=S) groups is 1. The predicted molar refractivity (Wildman–Crippen MR) is 78.3 cm³/mol. The molecule has 1 aliphatic rings. The van der Waals surface area contributed by atoms with Gasteiger partial charge in [-0.15, -0.1) is 0 Å². The molecule has 0 saturated heterocycles. The average Bonchev–Trinajstić information content (AvgIpc) is 2.78. The molecule has 0 aromatic carbocycles. The molecule has 0 radical (unpaired) electrons. The van der Waals surface area contributed by atoms with Crippen LogP contribution in [-0.4, -0.2) is 28.9 Å². The van der Waals surface area contributed by atoms with Gasteiger partial charge in [-0.25, -0.2) is 0 Å². The van der Waals surface area contributed by atoms with E-state index in [2.05, 4.69) is 18.5 Å².